The molecule has 0 saturated carbocycles. The minimum atomic E-state index is -0.296. The van der Waals surface area contributed by atoms with Crippen molar-refractivity contribution in [3.63, 3.8) is 0 Å². The van der Waals surface area contributed by atoms with Gasteiger partial charge in [0, 0.05) is 11.6 Å². The number of hydrogen-bond acceptors (Lipinski definition) is 3. The Balaban J connectivity index is 1.77. The molecule has 0 N–H and O–H groups in total. The molecule has 0 unspecified atom stereocenters. The van der Waals surface area contributed by atoms with Crippen molar-refractivity contribution in [1.29, 1.82) is 0 Å². The molecule has 0 amide bonds. The number of aryl methyl sites for hydroxylation is 1. The summed E-state index contributed by atoms with van der Waals surface area (Å²) < 4.78 is 5.25. The SMILES string of the molecule is CCCCCCCCCCC1=CC(=O)OC1=Nc1ccc(C)cc1. The summed E-state index contributed by atoms with van der Waals surface area (Å²) >= 11 is 0. The number of benzene rings is 1. The van der Waals surface area contributed by atoms with Crippen molar-refractivity contribution < 1.29 is 9.53 Å². The lowest BCUT2D eigenvalue weighted by atomic mass is 10.0. The van der Waals surface area contributed by atoms with Gasteiger partial charge in [0.25, 0.3) is 0 Å². The molecule has 0 aromatic heterocycles. The van der Waals surface area contributed by atoms with Crippen molar-refractivity contribution in [1.82, 2.24) is 0 Å². The average Bonchev–Trinajstić information content (AvgIpc) is 2.91. The van der Waals surface area contributed by atoms with Gasteiger partial charge >= 0.3 is 5.97 Å². The molecule has 1 aliphatic heterocycles. The van der Waals surface area contributed by atoms with Crippen LogP contribution in [0.3, 0.4) is 0 Å². The molecule has 24 heavy (non-hydrogen) atoms. The fourth-order valence-corrected chi connectivity index (χ4v) is 2.85. The zero-order chi connectivity index (χ0) is 17.2. The maximum absolute atomic E-state index is 11.6. The van der Waals surface area contributed by atoms with Crippen LogP contribution in [0.25, 0.3) is 0 Å². The third-order valence-corrected chi connectivity index (χ3v) is 4.33. The van der Waals surface area contributed by atoms with Gasteiger partial charge in [0.05, 0.1) is 5.69 Å². The summed E-state index contributed by atoms with van der Waals surface area (Å²) in [4.78, 5) is 16.0. The molecule has 1 heterocycles. The van der Waals surface area contributed by atoms with E-state index in [9.17, 15) is 4.79 Å². The van der Waals surface area contributed by atoms with Gasteiger partial charge in [0.15, 0.2) is 0 Å². The highest BCUT2D eigenvalue weighted by Gasteiger charge is 2.21. The maximum atomic E-state index is 11.6. The van der Waals surface area contributed by atoms with Gasteiger partial charge in [-0.3, -0.25) is 0 Å². The quantitative estimate of drug-likeness (QED) is 0.388. The first-order valence-electron chi connectivity index (χ1n) is 9.27. The molecule has 0 saturated heterocycles. The van der Waals surface area contributed by atoms with Crippen LogP contribution in [0.4, 0.5) is 5.69 Å². The van der Waals surface area contributed by atoms with Crippen molar-refractivity contribution >= 4 is 17.6 Å². The second kappa shape index (κ2) is 10.1. The van der Waals surface area contributed by atoms with E-state index < -0.39 is 0 Å². The van der Waals surface area contributed by atoms with Gasteiger partial charge in [-0.2, -0.15) is 0 Å². The maximum Gasteiger partial charge on any atom is 0.337 e. The number of hydrogen-bond donors (Lipinski definition) is 0. The van der Waals surface area contributed by atoms with Gasteiger partial charge in [0.1, 0.15) is 0 Å². The number of nitrogens with zero attached hydrogens (tertiary/aromatic N) is 1. The van der Waals surface area contributed by atoms with Crippen LogP contribution < -0.4 is 0 Å². The van der Waals surface area contributed by atoms with E-state index in [0.717, 1.165) is 24.1 Å². The smallest absolute Gasteiger partial charge is 0.337 e. The van der Waals surface area contributed by atoms with Crippen LogP contribution in [0.15, 0.2) is 40.9 Å². The molecule has 0 radical (unpaired) electrons. The van der Waals surface area contributed by atoms with Gasteiger partial charge in [-0.1, -0.05) is 69.6 Å². The molecule has 0 aliphatic carbocycles. The van der Waals surface area contributed by atoms with E-state index in [1.807, 2.05) is 31.2 Å². The molecule has 0 spiro atoms. The summed E-state index contributed by atoms with van der Waals surface area (Å²) in [7, 11) is 0. The summed E-state index contributed by atoms with van der Waals surface area (Å²) in [6.07, 6.45) is 12.7. The van der Waals surface area contributed by atoms with Crippen molar-refractivity contribution in [2.45, 2.75) is 71.6 Å². The van der Waals surface area contributed by atoms with Gasteiger partial charge in [-0.05, 0) is 31.9 Å². The highest BCUT2D eigenvalue weighted by molar-refractivity contribution is 6.12. The number of carbonyl (C=O) groups is 1. The molecule has 3 heteroatoms. The number of unbranched alkanes of at least 4 members (excludes halogenated alkanes) is 7. The lowest BCUT2D eigenvalue weighted by Crippen LogP contribution is -2.03. The Morgan fingerprint density at radius 2 is 1.54 bits per heavy atom. The van der Waals surface area contributed by atoms with Gasteiger partial charge in [-0.25, -0.2) is 9.79 Å². The second-order valence-corrected chi connectivity index (χ2v) is 6.57. The molecule has 0 bridgehead atoms. The van der Waals surface area contributed by atoms with Crippen molar-refractivity contribution in [2.24, 2.45) is 4.99 Å². The van der Waals surface area contributed by atoms with Crippen LogP contribution in [-0.2, 0) is 9.53 Å². The van der Waals surface area contributed by atoms with Crippen molar-refractivity contribution in [2.75, 3.05) is 0 Å². The minimum Gasteiger partial charge on any atom is -0.404 e. The Bertz CT molecular complexity index is 584. The monoisotopic (exact) mass is 327 g/mol. The summed E-state index contributed by atoms with van der Waals surface area (Å²) in [5, 5.41) is 0. The standard InChI is InChI=1S/C21H29NO2/c1-3-4-5-6-7-8-9-10-11-18-16-20(23)24-21(18)22-19-14-12-17(2)13-15-19/h12-16H,3-11H2,1-2H3. The van der Waals surface area contributed by atoms with E-state index in [2.05, 4.69) is 11.9 Å². The Morgan fingerprint density at radius 1 is 0.917 bits per heavy atom. The van der Waals surface area contributed by atoms with E-state index in [-0.39, 0.29) is 5.97 Å². The van der Waals surface area contributed by atoms with Crippen molar-refractivity contribution in [3.05, 3.63) is 41.5 Å². The fraction of sp³-hybridized carbons (Fsp3) is 0.524. The van der Waals surface area contributed by atoms with E-state index in [4.69, 9.17) is 4.74 Å². The minimum absolute atomic E-state index is 0.296. The fourth-order valence-electron chi connectivity index (χ4n) is 2.85. The molecule has 130 valence electrons. The van der Waals surface area contributed by atoms with E-state index in [1.165, 1.54) is 50.5 Å². The zero-order valence-corrected chi connectivity index (χ0v) is 15.0. The first kappa shape index (κ1) is 18.4. The first-order valence-corrected chi connectivity index (χ1v) is 9.27. The summed E-state index contributed by atoms with van der Waals surface area (Å²) in [6, 6.07) is 7.92. The molecule has 0 fully saturated rings. The molecule has 1 aliphatic rings. The van der Waals surface area contributed by atoms with Crippen LogP contribution in [0, 0.1) is 6.92 Å². The van der Waals surface area contributed by atoms with Crippen LogP contribution in [0.1, 0.15) is 70.3 Å². The Morgan fingerprint density at radius 3 is 2.21 bits per heavy atom. The van der Waals surface area contributed by atoms with Crippen LogP contribution >= 0.6 is 0 Å². The molecule has 1 aromatic rings. The average molecular weight is 327 g/mol. The number of carbonyl (C=O) groups excluding carboxylic acids is 1. The van der Waals surface area contributed by atoms with Gasteiger partial charge in [-0.15, -0.1) is 0 Å². The topological polar surface area (TPSA) is 38.7 Å². The predicted molar refractivity (Wildman–Crippen MR) is 99.7 cm³/mol. The highest BCUT2D eigenvalue weighted by Crippen LogP contribution is 2.22. The largest absolute Gasteiger partial charge is 0.404 e. The number of cyclic esters (lactones) is 1. The summed E-state index contributed by atoms with van der Waals surface area (Å²) in [5.41, 5.74) is 2.95. The normalized spacial score (nSPS) is 15.7. The highest BCUT2D eigenvalue weighted by atomic mass is 16.5. The molecular formula is C21H29NO2. The Hall–Kier alpha value is -1.90. The van der Waals surface area contributed by atoms with E-state index >= 15 is 0 Å². The van der Waals surface area contributed by atoms with E-state index in [0.29, 0.717) is 5.90 Å². The third kappa shape index (κ3) is 6.31. The van der Waals surface area contributed by atoms with Gasteiger partial charge in [0.2, 0.25) is 5.90 Å². The zero-order valence-electron chi connectivity index (χ0n) is 15.0. The van der Waals surface area contributed by atoms with E-state index in [1.54, 1.807) is 6.08 Å². The number of aliphatic imine (C=N–C) groups is 1. The summed E-state index contributed by atoms with van der Waals surface area (Å²) in [5.74, 6) is 0.183. The number of esters is 1. The van der Waals surface area contributed by atoms with Crippen molar-refractivity contribution in [3.8, 4) is 0 Å². The van der Waals surface area contributed by atoms with Gasteiger partial charge < -0.3 is 4.74 Å². The molecule has 1 aromatic carbocycles. The van der Waals surface area contributed by atoms with Crippen LogP contribution in [0.2, 0.25) is 0 Å². The summed E-state index contributed by atoms with van der Waals surface area (Å²) in [6.45, 7) is 4.29. The molecule has 3 nitrogen and oxygen atoms in total. The number of ether oxygens (including phenoxy) is 1. The lowest BCUT2D eigenvalue weighted by molar-refractivity contribution is -0.129. The van der Waals surface area contributed by atoms with Crippen LogP contribution in [0.5, 0.6) is 0 Å². The lowest BCUT2D eigenvalue weighted by Gasteiger charge is -2.04. The molecular weight excluding hydrogens is 298 g/mol. The molecule has 2 rings (SSSR count). The second-order valence-electron chi connectivity index (χ2n) is 6.57. The number of rotatable bonds is 10. The predicted octanol–water partition coefficient (Wildman–Crippen LogP) is 6.04. The first-order chi connectivity index (χ1) is 11.7. The van der Waals surface area contributed by atoms with Crippen LogP contribution in [-0.4, -0.2) is 11.9 Å². The Kier molecular flexibility index (Phi) is 7.73. The molecule has 0 atom stereocenters. The third-order valence-electron chi connectivity index (χ3n) is 4.33. The Labute approximate surface area is 145 Å².